The first-order valence-corrected chi connectivity index (χ1v) is 7.10. The van der Waals surface area contributed by atoms with Gasteiger partial charge in [0.2, 0.25) is 5.91 Å². The molecule has 106 valence electrons. The number of hydrogen-bond acceptors (Lipinski definition) is 3. The number of carbonyl (C=O) groups is 1. The molecule has 4 heteroatoms. The van der Waals surface area contributed by atoms with Gasteiger partial charge in [0.25, 0.3) is 0 Å². The predicted molar refractivity (Wildman–Crippen MR) is 75.4 cm³/mol. The maximum atomic E-state index is 12.3. The number of rotatable bonds is 4. The molecule has 0 aromatic rings. The van der Waals surface area contributed by atoms with Gasteiger partial charge in [0, 0.05) is 24.2 Å². The van der Waals surface area contributed by atoms with Crippen LogP contribution in [0.15, 0.2) is 0 Å². The van der Waals surface area contributed by atoms with E-state index in [2.05, 4.69) is 37.9 Å². The largest absolute Gasteiger partial charge is 0.350 e. The molecule has 0 radical (unpaired) electrons. The minimum Gasteiger partial charge on any atom is -0.350 e. The van der Waals surface area contributed by atoms with E-state index in [1.54, 1.807) is 0 Å². The Bertz CT molecular complexity index is 291. The lowest BCUT2D eigenvalue weighted by Crippen LogP contribution is -2.56. The van der Waals surface area contributed by atoms with Gasteiger partial charge in [-0.3, -0.25) is 9.69 Å². The molecule has 1 aliphatic rings. The Morgan fingerprint density at radius 1 is 1.56 bits per heavy atom. The second kappa shape index (κ2) is 6.02. The third kappa shape index (κ3) is 3.95. The molecule has 1 rings (SSSR count). The van der Waals surface area contributed by atoms with Gasteiger partial charge in [-0.05, 0) is 47.0 Å². The molecule has 0 aromatic carbocycles. The van der Waals surface area contributed by atoms with Crippen LogP contribution in [0.1, 0.15) is 53.9 Å². The van der Waals surface area contributed by atoms with E-state index in [1.165, 1.54) is 0 Å². The van der Waals surface area contributed by atoms with Gasteiger partial charge >= 0.3 is 0 Å². The summed E-state index contributed by atoms with van der Waals surface area (Å²) in [5.74, 6) is 0.129. The van der Waals surface area contributed by atoms with Crippen LogP contribution in [-0.4, -0.2) is 41.0 Å². The molecule has 3 atom stereocenters. The lowest BCUT2D eigenvalue weighted by atomic mass is 9.96. The number of nitrogens with two attached hydrogens (primary N) is 1. The average Bonchev–Trinajstić information content (AvgIpc) is 2.27. The second-order valence-electron chi connectivity index (χ2n) is 6.27. The van der Waals surface area contributed by atoms with Gasteiger partial charge in [0.15, 0.2) is 0 Å². The summed E-state index contributed by atoms with van der Waals surface area (Å²) >= 11 is 0. The van der Waals surface area contributed by atoms with Crippen LogP contribution in [0.5, 0.6) is 0 Å². The molecule has 4 nitrogen and oxygen atoms in total. The lowest BCUT2D eigenvalue weighted by Gasteiger charge is -2.40. The molecule has 0 spiro atoms. The topological polar surface area (TPSA) is 58.4 Å². The first-order valence-electron chi connectivity index (χ1n) is 7.10. The third-order valence-corrected chi connectivity index (χ3v) is 4.19. The monoisotopic (exact) mass is 255 g/mol. The van der Waals surface area contributed by atoms with Crippen LogP contribution < -0.4 is 11.1 Å². The summed E-state index contributed by atoms with van der Waals surface area (Å²) in [6, 6.07) is 0.608. The normalized spacial score (nSPS) is 27.9. The summed E-state index contributed by atoms with van der Waals surface area (Å²) in [6.45, 7) is 11.3. The third-order valence-electron chi connectivity index (χ3n) is 4.19. The van der Waals surface area contributed by atoms with Crippen LogP contribution >= 0.6 is 0 Å². The number of nitrogens with zero attached hydrogens (tertiary/aromatic N) is 1. The van der Waals surface area contributed by atoms with Crippen molar-refractivity contribution in [1.82, 2.24) is 10.2 Å². The summed E-state index contributed by atoms with van der Waals surface area (Å²) in [4.78, 5) is 14.5. The number of likely N-dealkylation sites (tertiary alicyclic amines) is 1. The Labute approximate surface area is 111 Å². The van der Waals surface area contributed by atoms with E-state index in [1.807, 2.05) is 6.92 Å². The van der Waals surface area contributed by atoms with Crippen molar-refractivity contribution in [3.63, 3.8) is 0 Å². The minimum absolute atomic E-state index is 0.0710. The van der Waals surface area contributed by atoms with Gasteiger partial charge in [0.1, 0.15) is 0 Å². The van der Waals surface area contributed by atoms with E-state index in [0.717, 1.165) is 25.8 Å². The Hall–Kier alpha value is -0.610. The molecule has 0 bridgehead atoms. The summed E-state index contributed by atoms with van der Waals surface area (Å²) in [7, 11) is 0. The van der Waals surface area contributed by atoms with Crippen molar-refractivity contribution < 1.29 is 4.79 Å². The van der Waals surface area contributed by atoms with E-state index < -0.39 is 0 Å². The van der Waals surface area contributed by atoms with Crippen LogP contribution in [0.3, 0.4) is 0 Å². The van der Waals surface area contributed by atoms with E-state index in [-0.39, 0.29) is 17.5 Å². The van der Waals surface area contributed by atoms with Gasteiger partial charge in [-0.1, -0.05) is 6.92 Å². The number of nitrogens with one attached hydrogen (secondary N) is 1. The molecular weight excluding hydrogens is 226 g/mol. The maximum absolute atomic E-state index is 12.3. The van der Waals surface area contributed by atoms with Crippen LogP contribution in [0.4, 0.5) is 0 Å². The van der Waals surface area contributed by atoms with Gasteiger partial charge in [-0.2, -0.15) is 0 Å². The Kier molecular flexibility index (Phi) is 5.17. The molecular formula is C14H29N3O. The zero-order valence-electron chi connectivity index (χ0n) is 12.5. The first kappa shape index (κ1) is 15.4. The fourth-order valence-electron chi connectivity index (χ4n) is 2.48. The smallest absolute Gasteiger partial charge is 0.237 e. The summed E-state index contributed by atoms with van der Waals surface area (Å²) < 4.78 is 0. The SMILES string of the molecule is CCC(C)(C)NC(=O)C(C)N1CCC(N)CC1C. The zero-order chi connectivity index (χ0) is 13.9. The lowest BCUT2D eigenvalue weighted by molar-refractivity contribution is -0.129. The zero-order valence-corrected chi connectivity index (χ0v) is 12.5. The van der Waals surface area contributed by atoms with Crippen molar-refractivity contribution >= 4 is 5.91 Å². The molecule has 0 saturated carbocycles. The molecule has 1 heterocycles. The van der Waals surface area contributed by atoms with Crippen LogP contribution in [0, 0.1) is 0 Å². The highest BCUT2D eigenvalue weighted by molar-refractivity contribution is 5.82. The highest BCUT2D eigenvalue weighted by Gasteiger charge is 2.31. The predicted octanol–water partition coefficient (Wildman–Crippen LogP) is 1.49. The van der Waals surface area contributed by atoms with Crippen LogP contribution in [0.25, 0.3) is 0 Å². The van der Waals surface area contributed by atoms with Crippen LogP contribution in [0.2, 0.25) is 0 Å². The number of hydrogen-bond donors (Lipinski definition) is 2. The van der Waals surface area contributed by atoms with Crippen molar-refractivity contribution in [1.29, 1.82) is 0 Å². The number of piperidine rings is 1. The van der Waals surface area contributed by atoms with Gasteiger partial charge in [-0.25, -0.2) is 0 Å². The fraction of sp³-hybridized carbons (Fsp3) is 0.929. The molecule has 1 saturated heterocycles. The second-order valence-corrected chi connectivity index (χ2v) is 6.27. The van der Waals surface area contributed by atoms with E-state index in [4.69, 9.17) is 5.73 Å². The van der Waals surface area contributed by atoms with E-state index >= 15 is 0 Å². The quantitative estimate of drug-likeness (QED) is 0.800. The molecule has 3 unspecified atom stereocenters. The summed E-state index contributed by atoms with van der Waals surface area (Å²) in [6.07, 6.45) is 2.90. The average molecular weight is 255 g/mol. The number of amides is 1. The highest BCUT2D eigenvalue weighted by Crippen LogP contribution is 2.19. The standard InChI is InChI=1S/C14H29N3O/c1-6-14(4,5)16-13(18)11(3)17-8-7-12(15)9-10(17)2/h10-12H,6-9,15H2,1-5H3,(H,16,18). The molecule has 1 aliphatic heterocycles. The van der Waals surface area contributed by atoms with Crippen molar-refractivity contribution in [2.24, 2.45) is 5.73 Å². The molecule has 1 fully saturated rings. The van der Waals surface area contributed by atoms with Gasteiger partial charge in [-0.15, -0.1) is 0 Å². The van der Waals surface area contributed by atoms with Crippen molar-refractivity contribution in [2.45, 2.75) is 77.5 Å². The Morgan fingerprint density at radius 2 is 2.17 bits per heavy atom. The first-order chi connectivity index (χ1) is 8.26. The molecule has 0 aliphatic carbocycles. The molecule has 0 aromatic heterocycles. The van der Waals surface area contributed by atoms with Crippen molar-refractivity contribution in [2.75, 3.05) is 6.54 Å². The number of carbonyl (C=O) groups excluding carboxylic acids is 1. The van der Waals surface area contributed by atoms with Crippen molar-refractivity contribution in [3.05, 3.63) is 0 Å². The Morgan fingerprint density at radius 3 is 2.67 bits per heavy atom. The maximum Gasteiger partial charge on any atom is 0.237 e. The fourth-order valence-corrected chi connectivity index (χ4v) is 2.48. The highest BCUT2D eigenvalue weighted by atomic mass is 16.2. The van der Waals surface area contributed by atoms with E-state index in [0.29, 0.717) is 12.1 Å². The summed E-state index contributed by atoms with van der Waals surface area (Å²) in [5.41, 5.74) is 5.84. The van der Waals surface area contributed by atoms with Crippen LogP contribution in [-0.2, 0) is 4.79 Å². The Balaban J connectivity index is 2.58. The minimum atomic E-state index is -0.124. The molecule has 3 N–H and O–H groups in total. The van der Waals surface area contributed by atoms with Gasteiger partial charge < -0.3 is 11.1 Å². The van der Waals surface area contributed by atoms with Crippen molar-refractivity contribution in [3.8, 4) is 0 Å². The summed E-state index contributed by atoms with van der Waals surface area (Å²) in [5, 5.41) is 3.12. The van der Waals surface area contributed by atoms with E-state index in [9.17, 15) is 4.79 Å². The molecule has 18 heavy (non-hydrogen) atoms. The molecule has 1 amide bonds. The van der Waals surface area contributed by atoms with Gasteiger partial charge in [0.05, 0.1) is 6.04 Å².